The zero-order chi connectivity index (χ0) is 13.0. The van der Waals surface area contributed by atoms with E-state index in [0.717, 1.165) is 39.5 Å². The maximum absolute atomic E-state index is 5.69. The summed E-state index contributed by atoms with van der Waals surface area (Å²) in [4.78, 5) is 2.56. The summed E-state index contributed by atoms with van der Waals surface area (Å²) < 4.78 is 11.3. The maximum atomic E-state index is 5.69. The molecule has 4 unspecified atom stereocenters. The summed E-state index contributed by atoms with van der Waals surface area (Å²) >= 11 is 0. The summed E-state index contributed by atoms with van der Waals surface area (Å²) in [5.41, 5.74) is 0. The Bertz CT molecular complexity index is 250. The van der Waals surface area contributed by atoms with Gasteiger partial charge in [0.1, 0.15) is 0 Å². The van der Waals surface area contributed by atoms with Gasteiger partial charge >= 0.3 is 0 Å². The minimum Gasteiger partial charge on any atom is -0.379 e. The predicted molar refractivity (Wildman–Crippen MR) is 72.8 cm³/mol. The third-order valence-corrected chi connectivity index (χ3v) is 4.06. The van der Waals surface area contributed by atoms with Gasteiger partial charge in [0.2, 0.25) is 0 Å². The van der Waals surface area contributed by atoms with Gasteiger partial charge in [0, 0.05) is 31.1 Å². The number of ether oxygens (including phenoxy) is 2. The number of nitrogens with zero attached hydrogens (tertiary/aromatic N) is 1. The van der Waals surface area contributed by atoms with Crippen LogP contribution in [0, 0.1) is 5.92 Å². The Labute approximate surface area is 111 Å². The first-order valence-electron chi connectivity index (χ1n) is 7.37. The Morgan fingerprint density at radius 3 is 2.83 bits per heavy atom. The van der Waals surface area contributed by atoms with Gasteiger partial charge in [0.05, 0.1) is 25.9 Å². The number of hydrogen-bond acceptors (Lipinski definition) is 4. The molecule has 2 saturated heterocycles. The number of morpholine rings is 1. The van der Waals surface area contributed by atoms with E-state index >= 15 is 0 Å². The van der Waals surface area contributed by atoms with Crippen molar-refractivity contribution in [2.75, 3.05) is 39.5 Å². The van der Waals surface area contributed by atoms with Gasteiger partial charge in [0.15, 0.2) is 0 Å². The number of rotatable bonds is 5. The molecule has 2 heterocycles. The van der Waals surface area contributed by atoms with Crippen LogP contribution in [0.3, 0.4) is 0 Å². The maximum Gasteiger partial charge on any atom is 0.0674 e. The second kappa shape index (κ2) is 6.85. The van der Waals surface area contributed by atoms with Crippen LogP contribution in [0.1, 0.15) is 27.2 Å². The van der Waals surface area contributed by atoms with Crippen LogP contribution in [0.2, 0.25) is 0 Å². The molecule has 2 fully saturated rings. The zero-order valence-corrected chi connectivity index (χ0v) is 12.0. The first-order chi connectivity index (χ1) is 8.70. The molecule has 2 aliphatic heterocycles. The Kier molecular flexibility index (Phi) is 5.42. The average Bonchev–Trinajstić information content (AvgIpc) is 2.79. The van der Waals surface area contributed by atoms with Crippen molar-refractivity contribution in [2.45, 2.75) is 45.4 Å². The van der Waals surface area contributed by atoms with E-state index in [0.29, 0.717) is 24.1 Å². The monoisotopic (exact) mass is 256 g/mol. The van der Waals surface area contributed by atoms with Crippen molar-refractivity contribution >= 4 is 0 Å². The fourth-order valence-corrected chi connectivity index (χ4v) is 2.86. The minimum absolute atomic E-state index is 0.366. The van der Waals surface area contributed by atoms with Crippen LogP contribution < -0.4 is 5.32 Å². The summed E-state index contributed by atoms with van der Waals surface area (Å²) in [5.74, 6) is 0.629. The van der Waals surface area contributed by atoms with Gasteiger partial charge in [-0.05, 0) is 26.8 Å². The van der Waals surface area contributed by atoms with Gasteiger partial charge in [-0.1, -0.05) is 6.92 Å². The van der Waals surface area contributed by atoms with Crippen LogP contribution in [0.4, 0.5) is 0 Å². The summed E-state index contributed by atoms with van der Waals surface area (Å²) in [6.45, 7) is 12.6. The highest BCUT2D eigenvalue weighted by Gasteiger charge is 2.32. The molecule has 0 aliphatic carbocycles. The minimum atomic E-state index is 0.366. The molecule has 4 nitrogen and oxygen atoms in total. The molecule has 1 N–H and O–H groups in total. The Morgan fingerprint density at radius 1 is 1.22 bits per heavy atom. The molecule has 4 atom stereocenters. The Balaban J connectivity index is 1.83. The first kappa shape index (κ1) is 14.3. The normalized spacial score (nSPS) is 38.2. The van der Waals surface area contributed by atoms with Crippen LogP contribution in [-0.4, -0.2) is 62.5 Å². The lowest BCUT2D eigenvalue weighted by atomic mass is 10.0. The molecular weight excluding hydrogens is 228 g/mol. The van der Waals surface area contributed by atoms with E-state index in [2.05, 4.69) is 31.0 Å². The molecule has 0 saturated carbocycles. The topological polar surface area (TPSA) is 33.7 Å². The second-order valence-corrected chi connectivity index (χ2v) is 5.81. The van der Waals surface area contributed by atoms with E-state index in [-0.39, 0.29) is 0 Å². The zero-order valence-electron chi connectivity index (χ0n) is 12.0. The quantitative estimate of drug-likeness (QED) is 0.799. The van der Waals surface area contributed by atoms with Crippen molar-refractivity contribution in [3.63, 3.8) is 0 Å². The van der Waals surface area contributed by atoms with Crippen molar-refractivity contribution in [2.24, 2.45) is 5.92 Å². The third kappa shape index (κ3) is 3.67. The molecule has 0 bridgehead atoms. The van der Waals surface area contributed by atoms with E-state index in [1.165, 1.54) is 6.42 Å². The highest BCUT2D eigenvalue weighted by Crippen LogP contribution is 2.19. The lowest BCUT2D eigenvalue weighted by Gasteiger charge is -2.38. The fourth-order valence-electron chi connectivity index (χ4n) is 2.86. The average molecular weight is 256 g/mol. The van der Waals surface area contributed by atoms with E-state index in [9.17, 15) is 0 Å². The van der Waals surface area contributed by atoms with Crippen LogP contribution in [-0.2, 0) is 9.47 Å². The first-order valence-corrected chi connectivity index (χ1v) is 7.37. The van der Waals surface area contributed by atoms with Crippen molar-refractivity contribution in [3.8, 4) is 0 Å². The Morgan fingerprint density at radius 2 is 2.06 bits per heavy atom. The lowest BCUT2D eigenvalue weighted by Crippen LogP contribution is -2.51. The molecule has 0 aromatic heterocycles. The van der Waals surface area contributed by atoms with Gasteiger partial charge in [0.25, 0.3) is 0 Å². The fraction of sp³-hybridized carbons (Fsp3) is 1.00. The van der Waals surface area contributed by atoms with E-state index in [1.807, 2.05) is 0 Å². The lowest BCUT2D eigenvalue weighted by molar-refractivity contribution is -0.0551. The van der Waals surface area contributed by atoms with E-state index in [1.54, 1.807) is 0 Å². The third-order valence-electron chi connectivity index (χ3n) is 4.06. The molecule has 2 rings (SSSR count). The van der Waals surface area contributed by atoms with Crippen molar-refractivity contribution < 1.29 is 9.47 Å². The molecule has 0 aromatic carbocycles. The highest BCUT2D eigenvalue weighted by molar-refractivity contribution is 4.86. The SMILES string of the molecule is CCCNC1COCC1CN1CC(C)OCC1C. The molecule has 18 heavy (non-hydrogen) atoms. The standard InChI is InChI=1S/C14H28N2O2/c1-4-5-15-14-10-17-9-13(14)7-16-6-12(3)18-8-11(16)2/h11-15H,4-10H2,1-3H3. The van der Waals surface area contributed by atoms with Crippen molar-refractivity contribution in [3.05, 3.63) is 0 Å². The summed E-state index contributed by atoms with van der Waals surface area (Å²) in [6.07, 6.45) is 1.55. The molecule has 0 aromatic rings. The van der Waals surface area contributed by atoms with Crippen LogP contribution >= 0.6 is 0 Å². The predicted octanol–water partition coefficient (Wildman–Crippen LogP) is 1.11. The summed E-state index contributed by atoms with van der Waals surface area (Å²) in [5, 5.41) is 3.61. The smallest absolute Gasteiger partial charge is 0.0674 e. The van der Waals surface area contributed by atoms with Crippen molar-refractivity contribution in [1.29, 1.82) is 0 Å². The van der Waals surface area contributed by atoms with Crippen LogP contribution in [0.5, 0.6) is 0 Å². The summed E-state index contributed by atoms with van der Waals surface area (Å²) in [6, 6.07) is 1.07. The Hall–Kier alpha value is -0.160. The molecule has 0 spiro atoms. The highest BCUT2D eigenvalue weighted by atomic mass is 16.5. The molecule has 2 aliphatic rings. The number of nitrogens with one attached hydrogen (secondary N) is 1. The van der Waals surface area contributed by atoms with E-state index < -0.39 is 0 Å². The molecule has 4 heteroatoms. The molecule has 0 amide bonds. The summed E-state index contributed by atoms with van der Waals surface area (Å²) in [7, 11) is 0. The van der Waals surface area contributed by atoms with Crippen LogP contribution in [0.25, 0.3) is 0 Å². The van der Waals surface area contributed by atoms with Gasteiger partial charge in [-0.15, -0.1) is 0 Å². The largest absolute Gasteiger partial charge is 0.379 e. The van der Waals surface area contributed by atoms with Gasteiger partial charge < -0.3 is 14.8 Å². The van der Waals surface area contributed by atoms with E-state index in [4.69, 9.17) is 9.47 Å². The van der Waals surface area contributed by atoms with Gasteiger partial charge in [-0.3, -0.25) is 4.90 Å². The molecule has 106 valence electrons. The van der Waals surface area contributed by atoms with Crippen molar-refractivity contribution in [1.82, 2.24) is 10.2 Å². The molecular formula is C14H28N2O2. The van der Waals surface area contributed by atoms with Gasteiger partial charge in [-0.2, -0.15) is 0 Å². The molecule has 0 radical (unpaired) electrons. The second-order valence-electron chi connectivity index (χ2n) is 5.81. The number of hydrogen-bond donors (Lipinski definition) is 1. The van der Waals surface area contributed by atoms with Crippen LogP contribution in [0.15, 0.2) is 0 Å². The van der Waals surface area contributed by atoms with Gasteiger partial charge in [-0.25, -0.2) is 0 Å².